The van der Waals surface area contributed by atoms with E-state index in [-0.39, 0.29) is 11.6 Å². The molecule has 9 heteroatoms. The maximum atomic E-state index is 12.3. The molecule has 0 radical (unpaired) electrons. The molecular weight excluding hydrogens is 445 g/mol. The number of nitrogens with zero attached hydrogens (tertiary/aromatic N) is 4. The lowest BCUT2D eigenvalue weighted by atomic mass is 10.1. The zero-order valence-corrected chi connectivity index (χ0v) is 20.6. The van der Waals surface area contributed by atoms with Gasteiger partial charge in [0.15, 0.2) is 0 Å². The number of aromatic amines is 1. The Morgan fingerprint density at radius 3 is 2.76 bits per heavy atom. The maximum Gasteiger partial charge on any atom is 0.271 e. The highest BCUT2D eigenvalue weighted by atomic mass is 31.0. The summed E-state index contributed by atoms with van der Waals surface area (Å²) >= 11 is 0. The third kappa shape index (κ3) is 6.74. The summed E-state index contributed by atoms with van der Waals surface area (Å²) in [6.07, 6.45) is 6.84. The smallest absolute Gasteiger partial charge is 0.271 e. The number of benzene rings is 1. The molecule has 3 aromatic rings. The van der Waals surface area contributed by atoms with Crippen LogP contribution in [-0.2, 0) is 13.5 Å². The van der Waals surface area contributed by atoms with E-state index in [1.807, 2.05) is 53.9 Å². The molecule has 0 bridgehead atoms. The Kier molecular flexibility index (Phi) is 9.33. The van der Waals surface area contributed by atoms with Crippen LogP contribution in [0.2, 0.25) is 0 Å². The average molecular weight is 476 g/mol. The molecule has 3 N–H and O–H groups in total. The number of rotatable bonds is 11. The molecule has 1 aromatic carbocycles. The standard InChI is InChI=1S/C25H30N7OP/c1-27-15-21(17-34)20-13-23(25(33)30-16-20)29-11-8-22(24-9-12-31-32(24)2)28-10-7-18-3-5-19(14-26)6-4-18/h3-6,9,12-13,15-17,22,28-29H,7-8,10-11,34H2,1-2H3,(H,30,33)/b21-17+,27-15?. The normalized spacial score (nSPS) is 12.6. The van der Waals surface area contributed by atoms with E-state index in [4.69, 9.17) is 5.26 Å². The van der Waals surface area contributed by atoms with Crippen molar-refractivity contribution in [1.29, 1.82) is 5.26 Å². The van der Waals surface area contributed by atoms with Gasteiger partial charge >= 0.3 is 0 Å². The number of anilines is 1. The molecule has 0 spiro atoms. The Morgan fingerprint density at radius 1 is 1.32 bits per heavy atom. The van der Waals surface area contributed by atoms with E-state index in [0.717, 1.165) is 36.2 Å². The molecule has 34 heavy (non-hydrogen) atoms. The van der Waals surface area contributed by atoms with Crippen LogP contribution in [0.15, 0.2) is 64.4 Å². The van der Waals surface area contributed by atoms with E-state index >= 15 is 0 Å². The molecule has 0 aliphatic carbocycles. The Morgan fingerprint density at radius 2 is 2.12 bits per heavy atom. The first-order valence-corrected chi connectivity index (χ1v) is 11.7. The number of aryl methyl sites for hydroxylation is 1. The summed E-state index contributed by atoms with van der Waals surface area (Å²) in [6, 6.07) is 13.7. The molecule has 3 rings (SSSR count). The van der Waals surface area contributed by atoms with Gasteiger partial charge in [-0.3, -0.25) is 14.5 Å². The number of nitrogens with one attached hydrogen (secondary N) is 3. The molecule has 176 valence electrons. The quantitative estimate of drug-likeness (QED) is 0.291. The molecule has 2 atom stereocenters. The average Bonchev–Trinajstić information content (AvgIpc) is 3.28. The second-order valence-electron chi connectivity index (χ2n) is 7.80. The minimum atomic E-state index is -0.161. The predicted octanol–water partition coefficient (Wildman–Crippen LogP) is 3.27. The molecule has 2 heterocycles. The monoisotopic (exact) mass is 475 g/mol. The predicted molar refractivity (Wildman–Crippen MR) is 141 cm³/mol. The van der Waals surface area contributed by atoms with E-state index in [9.17, 15) is 4.79 Å². The zero-order chi connectivity index (χ0) is 24.3. The molecule has 0 amide bonds. The van der Waals surface area contributed by atoms with Gasteiger partial charge in [-0.05, 0) is 49.2 Å². The highest BCUT2D eigenvalue weighted by Crippen LogP contribution is 2.18. The second kappa shape index (κ2) is 12.6. The summed E-state index contributed by atoms with van der Waals surface area (Å²) in [4.78, 5) is 19.2. The largest absolute Gasteiger partial charge is 0.381 e. The van der Waals surface area contributed by atoms with Gasteiger partial charge in [0.1, 0.15) is 5.69 Å². The van der Waals surface area contributed by atoms with Crippen LogP contribution in [0.3, 0.4) is 0 Å². The zero-order valence-electron chi connectivity index (χ0n) is 19.5. The van der Waals surface area contributed by atoms with Gasteiger partial charge in [-0.25, -0.2) is 0 Å². The van der Waals surface area contributed by atoms with E-state index in [2.05, 4.69) is 41.0 Å². The summed E-state index contributed by atoms with van der Waals surface area (Å²) in [5.41, 5.74) is 5.06. The van der Waals surface area contributed by atoms with Crippen LogP contribution in [0.4, 0.5) is 5.69 Å². The molecule has 0 saturated carbocycles. The van der Waals surface area contributed by atoms with Crippen molar-refractivity contribution in [2.45, 2.75) is 18.9 Å². The van der Waals surface area contributed by atoms with E-state index < -0.39 is 0 Å². The number of pyridine rings is 1. The van der Waals surface area contributed by atoms with Gasteiger partial charge in [-0.1, -0.05) is 17.9 Å². The molecule has 2 unspecified atom stereocenters. The molecule has 0 saturated heterocycles. The lowest BCUT2D eigenvalue weighted by Crippen LogP contribution is -2.28. The van der Waals surface area contributed by atoms with Crippen LogP contribution in [0, 0.1) is 11.3 Å². The third-order valence-corrected chi connectivity index (χ3v) is 5.90. The summed E-state index contributed by atoms with van der Waals surface area (Å²) in [5.74, 6) is 1.88. The molecule has 8 nitrogen and oxygen atoms in total. The van der Waals surface area contributed by atoms with Gasteiger partial charge in [0.25, 0.3) is 5.56 Å². The fraction of sp³-hybridized carbons (Fsp3) is 0.280. The van der Waals surface area contributed by atoms with Crippen molar-refractivity contribution in [2.75, 3.05) is 25.5 Å². The van der Waals surface area contributed by atoms with Crippen molar-refractivity contribution in [2.24, 2.45) is 12.0 Å². The van der Waals surface area contributed by atoms with Crippen molar-refractivity contribution in [3.05, 3.63) is 87.3 Å². The third-order valence-electron chi connectivity index (χ3n) is 5.54. The Balaban J connectivity index is 1.64. The second-order valence-corrected chi connectivity index (χ2v) is 8.13. The van der Waals surface area contributed by atoms with Crippen molar-refractivity contribution in [1.82, 2.24) is 20.1 Å². The van der Waals surface area contributed by atoms with Crippen molar-refractivity contribution < 1.29 is 0 Å². The molecular formula is C25H30N7OP. The summed E-state index contributed by atoms with van der Waals surface area (Å²) in [7, 11) is 6.21. The van der Waals surface area contributed by atoms with Crippen LogP contribution in [0.5, 0.6) is 0 Å². The lowest BCUT2D eigenvalue weighted by molar-refractivity contribution is 0.480. The number of allylic oxidation sites excluding steroid dienone is 1. The number of hydrogen-bond donors (Lipinski definition) is 3. The topological polar surface area (TPSA) is 111 Å². The van der Waals surface area contributed by atoms with Crippen molar-refractivity contribution in [3.63, 3.8) is 0 Å². The number of nitriles is 1. The Hall–Kier alpha value is -3.53. The van der Waals surface area contributed by atoms with Crippen LogP contribution < -0.4 is 16.2 Å². The van der Waals surface area contributed by atoms with Crippen LogP contribution >= 0.6 is 9.24 Å². The summed E-state index contributed by atoms with van der Waals surface area (Å²) in [5, 5.41) is 20.2. The first kappa shape index (κ1) is 25.1. The number of aliphatic imine (C=N–C) groups is 1. The maximum absolute atomic E-state index is 12.3. The number of aromatic nitrogens is 3. The molecule has 0 aliphatic heterocycles. The van der Waals surface area contributed by atoms with E-state index in [1.165, 1.54) is 5.56 Å². The highest BCUT2D eigenvalue weighted by Gasteiger charge is 2.15. The fourth-order valence-electron chi connectivity index (χ4n) is 3.70. The molecule has 2 aromatic heterocycles. The minimum absolute atomic E-state index is 0.0652. The van der Waals surface area contributed by atoms with Gasteiger partial charge in [-0.2, -0.15) is 10.4 Å². The van der Waals surface area contributed by atoms with E-state index in [0.29, 0.717) is 17.8 Å². The first-order valence-electron chi connectivity index (χ1n) is 11.1. The minimum Gasteiger partial charge on any atom is -0.381 e. The van der Waals surface area contributed by atoms with Gasteiger partial charge in [0.05, 0.1) is 23.4 Å². The van der Waals surface area contributed by atoms with Crippen LogP contribution in [-0.4, -0.2) is 41.1 Å². The van der Waals surface area contributed by atoms with Gasteiger partial charge in [0, 0.05) is 50.4 Å². The number of H-pyrrole nitrogens is 1. The fourth-order valence-corrected chi connectivity index (χ4v) is 3.98. The van der Waals surface area contributed by atoms with Gasteiger partial charge < -0.3 is 15.6 Å². The Bertz CT molecular complexity index is 1240. The molecule has 0 aliphatic rings. The van der Waals surface area contributed by atoms with Crippen LogP contribution in [0.1, 0.15) is 34.8 Å². The summed E-state index contributed by atoms with van der Waals surface area (Å²) < 4.78 is 1.87. The SMILES string of the molecule is CN=C/C(=C\P)c1c[nH]c(=O)c(NCCC(NCCc2ccc(C#N)cc2)c2ccnn2C)c1. The van der Waals surface area contributed by atoms with Gasteiger partial charge in [0.2, 0.25) is 0 Å². The Labute approximate surface area is 202 Å². The van der Waals surface area contributed by atoms with Gasteiger partial charge in [-0.15, -0.1) is 9.24 Å². The number of hydrogen-bond acceptors (Lipinski definition) is 6. The first-order chi connectivity index (χ1) is 16.5. The van der Waals surface area contributed by atoms with Crippen molar-refractivity contribution in [3.8, 4) is 6.07 Å². The highest BCUT2D eigenvalue weighted by molar-refractivity contribution is 7.21. The van der Waals surface area contributed by atoms with Crippen LogP contribution in [0.25, 0.3) is 5.57 Å². The lowest BCUT2D eigenvalue weighted by Gasteiger charge is -2.20. The summed E-state index contributed by atoms with van der Waals surface area (Å²) in [6.45, 7) is 1.38. The van der Waals surface area contributed by atoms with Crippen molar-refractivity contribution >= 4 is 26.7 Å². The van der Waals surface area contributed by atoms with E-state index in [1.54, 1.807) is 25.7 Å². The molecule has 0 fully saturated rings.